The Kier molecular flexibility index (Phi) is 10.7. The minimum Gasteiger partial charge on any atom is -0.466 e. The van der Waals surface area contributed by atoms with E-state index in [2.05, 4.69) is 151 Å². The zero-order chi connectivity index (χ0) is 36.7. The van der Waals surface area contributed by atoms with Crippen molar-refractivity contribution in [2.24, 2.45) is 15.0 Å². The molecule has 0 spiro atoms. The summed E-state index contributed by atoms with van der Waals surface area (Å²) in [4.78, 5) is 15.1. The molecule has 0 atom stereocenters. The number of rotatable bonds is 6. The number of fused-ring (bicyclic) bond motifs is 4. The molecule has 0 bridgehead atoms. The van der Waals surface area contributed by atoms with E-state index in [1.54, 1.807) is 11.3 Å². The molecule has 6 aromatic rings. The van der Waals surface area contributed by atoms with Gasteiger partial charge < -0.3 is 4.42 Å². The second-order valence-corrected chi connectivity index (χ2v) is 14.9. The molecule has 4 nitrogen and oxygen atoms in total. The van der Waals surface area contributed by atoms with Crippen molar-refractivity contribution in [3.05, 3.63) is 179 Å². The van der Waals surface area contributed by atoms with Crippen LogP contribution in [-0.4, -0.2) is 18.4 Å². The molecule has 2 aromatic heterocycles. The fourth-order valence-electron chi connectivity index (χ4n) is 7.25. The molecule has 2 heterocycles. The van der Waals surface area contributed by atoms with Crippen LogP contribution in [0.4, 0.5) is 0 Å². The Morgan fingerprint density at radius 2 is 1.52 bits per heavy atom. The van der Waals surface area contributed by atoms with Gasteiger partial charge in [0, 0.05) is 43.3 Å². The molecule has 266 valence electrons. The molecule has 0 N–H and O–H groups in total. The predicted molar refractivity (Wildman–Crippen MR) is 232 cm³/mol. The summed E-state index contributed by atoms with van der Waals surface area (Å²) in [6.07, 6.45) is 17.5. The molecular weight excluding hydrogens is 679 g/mol. The van der Waals surface area contributed by atoms with Gasteiger partial charge in [-0.2, -0.15) is 0 Å². The number of hydrogen-bond donors (Lipinski definition) is 0. The van der Waals surface area contributed by atoms with E-state index in [0.29, 0.717) is 18.2 Å². The van der Waals surface area contributed by atoms with Gasteiger partial charge in [0.05, 0.1) is 6.54 Å². The number of aryl methyl sites for hydroxylation is 2. The summed E-state index contributed by atoms with van der Waals surface area (Å²) in [6.45, 7) is 6.44. The first-order valence-electron chi connectivity index (χ1n) is 18.8. The van der Waals surface area contributed by atoms with Crippen LogP contribution in [0.2, 0.25) is 0 Å². The first kappa shape index (κ1) is 35.1. The van der Waals surface area contributed by atoms with Gasteiger partial charge in [-0.15, -0.1) is 11.3 Å². The minimum atomic E-state index is 0.423. The van der Waals surface area contributed by atoms with E-state index in [0.717, 1.165) is 82.4 Å². The average molecular weight is 722 g/mol. The van der Waals surface area contributed by atoms with Crippen molar-refractivity contribution >= 4 is 61.5 Å². The van der Waals surface area contributed by atoms with Crippen LogP contribution in [0.25, 0.3) is 42.9 Å². The van der Waals surface area contributed by atoms with Gasteiger partial charge in [-0.3, -0.25) is 4.99 Å². The van der Waals surface area contributed by atoms with Crippen LogP contribution < -0.4 is 0 Å². The second kappa shape index (κ2) is 16.4. The topological polar surface area (TPSA) is 50.2 Å². The Balaban J connectivity index is 1.23. The van der Waals surface area contributed by atoms with Crippen LogP contribution in [0, 0.1) is 6.92 Å². The van der Waals surface area contributed by atoms with E-state index in [1.165, 1.54) is 32.3 Å². The SMILES string of the molecule is C=NC(=NC(=NCc1ccc(C)oc2c(cc1)C=CCCC2)c1cccc2sc3ccccc3c12)c1cccc(-c2cccc(C3=CC=CCCC3)c2)c1. The van der Waals surface area contributed by atoms with Crippen molar-refractivity contribution in [1.82, 2.24) is 0 Å². The van der Waals surface area contributed by atoms with Crippen molar-refractivity contribution in [3.8, 4) is 11.1 Å². The number of thiophene rings is 1. The maximum absolute atomic E-state index is 6.29. The third kappa shape index (κ3) is 7.87. The van der Waals surface area contributed by atoms with Gasteiger partial charge >= 0.3 is 0 Å². The van der Waals surface area contributed by atoms with Crippen LogP contribution in [0.3, 0.4) is 0 Å². The quantitative estimate of drug-likeness (QED) is 0.125. The lowest BCUT2D eigenvalue weighted by molar-refractivity contribution is 0.464. The predicted octanol–water partition coefficient (Wildman–Crippen LogP) is 13.3. The van der Waals surface area contributed by atoms with Crippen LogP contribution in [0.1, 0.15) is 71.4 Å². The Hall–Kier alpha value is -5.91. The van der Waals surface area contributed by atoms with Crippen LogP contribution in [0.5, 0.6) is 0 Å². The Labute approximate surface area is 321 Å². The van der Waals surface area contributed by atoms with Crippen molar-refractivity contribution in [3.63, 3.8) is 0 Å². The van der Waals surface area contributed by atoms with Crippen molar-refractivity contribution in [2.75, 3.05) is 0 Å². The van der Waals surface area contributed by atoms with Gasteiger partial charge in [0.25, 0.3) is 0 Å². The molecule has 2 aliphatic rings. The van der Waals surface area contributed by atoms with Gasteiger partial charge in [0.2, 0.25) is 0 Å². The van der Waals surface area contributed by atoms with E-state index in [1.807, 2.05) is 13.0 Å². The molecule has 8 rings (SSSR count). The van der Waals surface area contributed by atoms with Crippen molar-refractivity contribution < 1.29 is 4.42 Å². The lowest BCUT2D eigenvalue weighted by atomic mass is 9.96. The maximum atomic E-state index is 6.29. The molecule has 0 radical (unpaired) electrons. The fourth-order valence-corrected chi connectivity index (χ4v) is 8.38. The molecule has 2 aliphatic carbocycles. The molecule has 4 aromatic carbocycles. The van der Waals surface area contributed by atoms with Crippen molar-refractivity contribution in [2.45, 2.75) is 52.0 Å². The lowest BCUT2D eigenvalue weighted by Gasteiger charge is -2.11. The number of hydrogen-bond acceptors (Lipinski definition) is 3. The smallest absolute Gasteiger partial charge is 0.161 e. The number of aliphatic imine (C=N–C) groups is 3. The summed E-state index contributed by atoms with van der Waals surface area (Å²) >= 11 is 1.79. The summed E-state index contributed by atoms with van der Waals surface area (Å²) < 4.78 is 8.72. The number of amidine groups is 2. The summed E-state index contributed by atoms with van der Waals surface area (Å²) in [5.74, 6) is 3.03. The third-order valence-electron chi connectivity index (χ3n) is 10.0. The molecule has 5 heteroatoms. The molecule has 54 heavy (non-hydrogen) atoms. The van der Waals surface area contributed by atoms with Gasteiger partial charge in [-0.1, -0.05) is 115 Å². The van der Waals surface area contributed by atoms with Crippen LogP contribution >= 0.6 is 11.3 Å². The van der Waals surface area contributed by atoms with E-state index >= 15 is 0 Å². The fraction of sp³-hybridized carbons (Fsp3) is 0.163. The summed E-state index contributed by atoms with van der Waals surface area (Å²) in [6, 6.07) is 40.7. The molecule has 0 saturated carbocycles. The molecule has 0 amide bonds. The normalized spacial score (nSPS) is 14.6. The van der Waals surface area contributed by atoms with E-state index in [4.69, 9.17) is 14.4 Å². The highest BCUT2D eigenvalue weighted by atomic mass is 32.1. The molecule has 0 fully saturated rings. The zero-order valence-corrected chi connectivity index (χ0v) is 31.5. The Morgan fingerprint density at radius 1 is 0.741 bits per heavy atom. The van der Waals surface area contributed by atoms with Gasteiger partial charge in [0.1, 0.15) is 11.5 Å². The first-order valence-corrected chi connectivity index (χ1v) is 19.6. The number of nitrogens with zero attached hydrogens (tertiary/aromatic N) is 3. The van der Waals surface area contributed by atoms with Gasteiger partial charge in [-0.25, -0.2) is 9.98 Å². The Bertz CT molecular complexity index is 2570. The number of allylic oxidation sites excluding steroid dienone is 5. The summed E-state index contributed by atoms with van der Waals surface area (Å²) in [5, 5.41) is 2.35. The highest BCUT2D eigenvalue weighted by molar-refractivity contribution is 7.25. The molecule has 0 aliphatic heterocycles. The summed E-state index contributed by atoms with van der Waals surface area (Å²) in [5.41, 5.74) is 8.91. The third-order valence-corrected chi connectivity index (χ3v) is 11.2. The van der Waals surface area contributed by atoms with Crippen LogP contribution in [0.15, 0.2) is 159 Å². The van der Waals surface area contributed by atoms with Crippen LogP contribution in [-0.2, 0) is 13.0 Å². The molecule has 0 saturated heterocycles. The lowest BCUT2D eigenvalue weighted by Crippen LogP contribution is -2.06. The average Bonchev–Trinajstić information content (AvgIpc) is 3.32. The van der Waals surface area contributed by atoms with Crippen molar-refractivity contribution in [1.29, 1.82) is 0 Å². The van der Waals surface area contributed by atoms with E-state index in [9.17, 15) is 0 Å². The molecule has 0 unspecified atom stereocenters. The maximum Gasteiger partial charge on any atom is 0.161 e. The molecular formula is C49H43N3OS. The highest BCUT2D eigenvalue weighted by Gasteiger charge is 2.16. The number of benzene rings is 4. The van der Waals surface area contributed by atoms with E-state index in [-0.39, 0.29) is 0 Å². The Morgan fingerprint density at radius 3 is 2.44 bits per heavy atom. The monoisotopic (exact) mass is 721 g/mol. The highest BCUT2D eigenvalue weighted by Crippen LogP contribution is 2.36. The first-order chi connectivity index (χ1) is 26.6. The summed E-state index contributed by atoms with van der Waals surface area (Å²) in [7, 11) is 0. The van der Waals surface area contributed by atoms with Gasteiger partial charge in [-0.05, 0) is 104 Å². The zero-order valence-electron chi connectivity index (χ0n) is 30.7. The van der Waals surface area contributed by atoms with E-state index < -0.39 is 0 Å². The van der Waals surface area contributed by atoms with Gasteiger partial charge in [0.15, 0.2) is 11.7 Å². The minimum absolute atomic E-state index is 0.423. The largest absolute Gasteiger partial charge is 0.466 e. The second-order valence-electron chi connectivity index (χ2n) is 13.8. The standard InChI is InChI=1S/C49H43N3OS/c1-34-27-28-35(29-30-37-17-8-5-9-24-44(37)53-34)33-51-49(43-23-14-26-46-47(43)42-22-10-11-25-45(42)54-46)52-48(50-2)41-21-13-20-40(32-41)39-19-12-18-38(31-39)36-15-6-3-4-7-16-36/h3,6,8,10-15,17-23,25-32H,2,4-5,7,9,16,24,33H2,1H3.